The van der Waals surface area contributed by atoms with Crippen LogP contribution in [0.25, 0.3) is 11.0 Å². The summed E-state index contributed by atoms with van der Waals surface area (Å²) in [5.74, 6) is 0.769. The van der Waals surface area contributed by atoms with Crippen molar-refractivity contribution in [2.24, 2.45) is 5.92 Å². The Bertz CT molecular complexity index is 745. The lowest BCUT2D eigenvalue weighted by Crippen LogP contribution is -2.41. The third-order valence-corrected chi connectivity index (χ3v) is 4.49. The second-order valence-corrected chi connectivity index (χ2v) is 6.26. The molecule has 1 fully saturated rings. The minimum absolute atomic E-state index is 0.0710. The highest BCUT2D eigenvalue weighted by molar-refractivity contribution is 5.82. The number of H-pyrrole nitrogens is 1. The number of ether oxygens (including phenoxy) is 1. The number of aromatic nitrogens is 2. The van der Waals surface area contributed by atoms with Gasteiger partial charge in [0.05, 0.1) is 30.0 Å². The lowest BCUT2D eigenvalue weighted by atomic mass is 9.96. The zero-order chi connectivity index (χ0) is 17.1. The Kier molecular flexibility index (Phi) is 4.83. The number of aryl methyl sites for hydroxylation is 1. The van der Waals surface area contributed by atoms with Crippen LogP contribution in [-0.4, -0.2) is 46.4 Å². The van der Waals surface area contributed by atoms with Gasteiger partial charge in [0.25, 0.3) is 0 Å². The van der Waals surface area contributed by atoms with Crippen LogP contribution in [0.4, 0.5) is 0 Å². The number of aromatic amines is 1. The third kappa shape index (κ3) is 3.58. The van der Waals surface area contributed by atoms with E-state index >= 15 is 0 Å². The van der Waals surface area contributed by atoms with Gasteiger partial charge in [-0.1, -0.05) is 6.07 Å². The van der Waals surface area contributed by atoms with Gasteiger partial charge in [0, 0.05) is 13.1 Å². The molecule has 0 saturated carbocycles. The van der Waals surface area contributed by atoms with E-state index in [1.165, 1.54) is 0 Å². The van der Waals surface area contributed by atoms with Crippen LogP contribution in [-0.2, 0) is 20.7 Å². The van der Waals surface area contributed by atoms with Gasteiger partial charge in [0.15, 0.2) is 0 Å². The van der Waals surface area contributed by atoms with Crippen LogP contribution in [0.15, 0.2) is 18.2 Å². The molecule has 6 nitrogen and oxygen atoms in total. The Morgan fingerprint density at radius 2 is 2.08 bits per heavy atom. The molecule has 0 atom stereocenters. The van der Waals surface area contributed by atoms with Crippen molar-refractivity contribution in [3.63, 3.8) is 0 Å². The van der Waals surface area contributed by atoms with Crippen molar-refractivity contribution in [2.45, 2.75) is 33.1 Å². The first-order valence-corrected chi connectivity index (χ1v) is 8.46. The van der Waals surface area contributed by atoms with E-state index in [0.29, 0.717) is 39.0 Å². The van der Waals surface area contributed by atoms with Gasteiger partial charge >= 0.3 is 5.97 Å². The Morgan fingerprint density at radius 3 is 2.79 bits per heavy atom. The number of carbonyl (C=O) groups excluding carboxylic acids is 2. The van der Waals surface area contributed by atoms with Crippen LogP contribution < -0.4 is 0 Å². The zero-order valence-corrected chi connectivity index (χ0v) is 14.2. The van der Waals surface area contributed by atoms with Gasteiger partial charge in [-0.15, -0.1) is 0 Å². The van der Waals surface area contributed by atoms with Crippen molar-refractivity contribution in [2.75, 3.05) is 19.7 Å². The van der Waals surface area contributed by atoms with E-state index in [9.17, 15) is 9.59 Å². The molecule has 1 aliphatic rings. The molecule has 1 amide bonds. The maximum atomic E-state index is 12.5. The first-order valence-electron chi connectivity index (χ1n) is 8.46. The molecule has 0 radical (unpaired) electrons. The van der Waals surface area contributed by atoms with E-state index in [4.69, 9.17) is 4.74 Å². The average Bonchev–Trinajstić information content (AvgIpc) is 2.94. The highest BCUT2D eigenvalue weighted by Crippen LogP contribution is 2.20. The number of piperidine rings is 1. The minimum atomic E-state index is -0.135. The van der Waals surface area contributed by atoms with Crippen LogP contribution >= 0.6 is 0 Å². The van der Waals surface area contributed by atoms with Gasteiger partial charge in [-0.25, -0.2) is 4.98 Å². The van der Waals surface area contributed by atoms with Gasteiger partial charge in [-0.3, -0.25) is 9.59 Å². The summed E-state index contributed by atoms with van der Waals surface area (Å²) in [6.07, 6.45) is 1.74. The van der Waals surface area contributed by atoms with Crippen molar-refractivity contribution in [1.29, 1.82) is 0 Å². The van der Waals surface area contributed by atoms with E-state index in [1.807, 2.05) is 36.9 Å². The molecule has 2 heterocycles. The standard InChI is InChI=1S/C18H23N3O3/c1-3-24-18(23)14-6-8-21(9-7-14)17(22)11-13-4-5-15-16(10-13)20-12(2)19-15/h4-5,10,14H,3,6-9,11H2,1-2H3,(H,19,20). The molecule has 24 heavy (non-hydrogen) atoms. The fourth-order valence-corrected chi connectivity index (χ4v) is 3.21. The molecule has 0 bridgehead atoms. The fourth-order valence-electron chi connectivity index (χ4n) is 3.21. The summed E-state index contributed by atoms with van der Waals surface area (Å²) in [6, 6.07) is 5.87. The Morgan fingerprint density at radius 1 is 1.33 bits per heavy atom. The predicted molar refractivity (Wildman–Crippen MR) is 90.5 cm³/mol. The summed E-state index contributed by atoms with van der Waals surface area (Å²) >= 11 is 0. The monoisotopic (exact) mass is 329 g/mol. The van der Waals surface area contributed by atoms with E-state index < -0.39 is 0 Å². The van der Waals surface area contributed by atoms with Gasteiger partial charge in [-0.2, -0.15) is 0 Å². The SMILES string of the molecule is CCOC(=O)C1CCN(C(=O)Cc2ccc3nc(C)[nH]c3c2)CC1. The maximum Gasteiger partial charge on any atom is 0.309 e. The van der Waals surface area contributed by atoms with Crippen molar-refractivity contribution >= 4 is 22.9 Å². The molecule has 6 heteroatoms. The largest absolute Gasteiger partial charge is 0.466 e. The van der Waals surface area contributed by atoms with Gasteiger partial charge in [-0.05, 0) is 44.4 Å². The molecular weight excluding hydrogens is 306 g/mol. The van der Waals surface area contributed by atoms with Crippen LogP contribution in [0.3, 0.4) is 0 Å². The molecule has 128 valence electrons. The van der Waals surface area contributed by atoms with E-state index in [-0.39, 0.29) is 17.8 Å². The highest BCUT2D eigenvalue weighted by atomic mass is 16.5. The Hall–Kier alpha value is -2.37. The number of benzene rings is 1. The molecule has 1 aromatic heterocycles. The molecule has 1 aliphatic heterocycles. The van der Waals surface area contributed by atoms with E-state index in [0.717, 1.165) is 22.4 Å². The van der Waals surface area contributed by atoms with Crippen LogP contribution in [0.2, 0.25) is 0 Å². The number of nitrogens with one attached hydrogen (secondary N) is 1. The number of amides is 1. The van der Waals surface area contributed by atoms with Crippen molar-refractivity contribution in [3.05, 3.63) is 29.6 Å². The van der Waals surface area contributed by atoms with Gasteiger partial charge < -0.3 is 14.6 Å². The number of nitrogens with zero attached hydrogens (tertiary/aromatic N) is 2. The number of carbonyl (C=O) groups is 2. The normalized spacial score (nSPS) is 15.7. The smallest absolute Gasteiger partial charge is 0.309 e. The molecule has 0 unspecified atom stereocenters. The maximum absolute atomic E-state index is 12.5. The summed E-state index contributed by atoms with van der Waals surface area (Å²) in [7, 11) is 0. The second kappa shape index (κ2) is 7.03. The van der Waals surface area contributed by atoms with Crippen molar-refractivity contribution in [3.8, 4) is 0 Å². The van der Waals surface area contributed by atoms with Crippen LogP contribution in [0.1, 0.15) is 31.2 Å². The van der Waals surface area contributed by atoms with Crippen LogP contribution in [0.5, 0.6) is 0 Å². The third-order valence-electron chi connectivity index (χ3n) is 4.49. The lowest BCUT2D eigenvalue weighted by Gasteiger charge is -2.31. The summed E-state index contributed by atoms with van der Waals surface area (Å²) in [6.45, 7) is 5.38. The number of likely N-dealkylation sites (tertiary alicyclic amines) is 1. The number of fused-ring (bicyclic) bond motifs is 1. The van der Waals surface area contributed by atoms with Crippen molar-refractivity contribution < 1.29 is 14.3 Å². The first-order chi connectivity index (χ1) is 11.6. The van der Waals surface area contributed by atoms with Crippen LogP contribution in [0, 0.1) is 12.8 Å². The van der Waals surface area contributed by atoms with Gasteiger partial charge in [0.2, 0.25) is 5.91 Å². The molecule has 3 rings (SSSR count). The highest BCUT2D eigenvalue weighted by Gasteiger charge is 2.28. The molecule has 1 N–H and O–H groups in total. The number of hydrogen-bond acceptors (Lipinski definition) is 4. The molecule has 0 aliphatic carbocycles. The summed E-state index contributed by atoms with van der Waals surface area (Å²) in [4.78, 5) is 33.7. The molecule has 1 saturated heterocycles. The van der Waals surface area contributed by atoms with E-state index in [1.54, 1.807) is 0 Å². The quantitative estimate of drug-likeness (QED) is 0.873. The zero-order valence-electron chi connectivity index (χ0n) is 14.2. The molecule has 2 aromatic rings. The summed E-state index contributed by atoms with van der Waals surface area (Å²) in [5, 5.41) is 0. The van der Waals surface area contributed by atoms with Gasteiger partial charge in [0.1, 0.15) is 5.82 Å². The Labute approximate surface area is 141 Å². The molecule has 1 aromatic carbocycles. The molecular formula is C18H23N3O3. The summed E-state index contributed by atoms with van der Waals surface area (Å²) < 4.78 is 5.06. The fraction of sp³-hybridized carbons (Fsp3) is 0.500. The lowest BCUT2D eigenvalue weighted by molar-refractivity contribution is -0.151. The number of imidazole rings is 1. The second-order valence-electron chi connectivity index (χ2n) is 6.26. The number of esters is 1. The summed E-state index contributed by atoms with van der Waals surface area (Å²) in [5.41, 5.74) is 2.85. The first kappa shape index (κ1) is 16.5. The average molecular weight is 329 g/mol. The number of rotatable bonds is 4. The molecule has 0 spiro atoms. The topological polar surface area (TPSA) is 75.3 Å². The Balaban J connectivity index is 1.58. The minimum Gasteiger partial charge on any atom is -0.466 e. The van der Waals surface area contributed by atoms with Crippen molar-refractivity contribution in [1.82, 2.24) is 14.9 Å². The van der Waals surface area contributed by atoms with E-state index in [2.05, 4.69) is 9.97 Å². The predicted octanol–water partition coefficient (Wildman–Crippen LogP) is 2.22. The number of hydrogen-bond donors (Lipinski definition) is 1.